The molecule has 2 heterocycles. The van der Waals surface area contributed by atoms with Gasteiger partial charge in [-0.3, -0.25) is 14.0 Å². The zero-order chi connectivity index (χ0) is 31.1. The molecule has 2 amide bonds. The monoisotopic (exact) mass is 593 g/mol. The molecule has 0 aromatic rings. The van der Waals surface area contributed by atoms with Crippen LogP contribution < -0.4 is 0 Å². The summed E-state index contributed by atoms with van der Waals surface area (Å²) in [5, 5.41) is 3.54. The summed E-state index contributed by atoms with van der Waals surface area (Å²) in [5.41, 5.74) is 7.04. The van der Waals surface area contributed by atoms with E-state index in [1.807, 2.05) is 0 Å². The number of methoxy groups -OCH3 is 2. The average Bonchev–Trinajstić information content (AvgIpc) is 3.40. The maximum Gasteiger partial charge on any atom is 0.411 e. The maximum atomic E-state index is 12.1. The fourth-order valence-electron chi connectivity index (χ4n) is 3.85. The lowest BCUT2D eigenvalue weighted by Crippen LogP contribution is -2.44. The third-order valence-electron chi connectivity index (χ3n) is 5.27. The molecule has 228 valence electrons. The number of carbonyl (C=O) groups excluding carboxylic acids is 4. The topological polar surface area (TPSA) is 204 Å². The number of esters is 2. The van der Waals surface area contributed by atoms with Crippen LogP contribution in [-0.2, 0) is 42.8 Å². The SMILES string of the molecule is COC(=O)[C@@H]1C[C@@H](N=[N+]=[N-])CN1C(=O)OC(C)(C)C.COC(=O)[C@@H]1C[C@H](OS(C)(=O)=O)CN1C(=O)OC(C)(C)C. The molecule has 2 saturated heterocycles. The van der Waals surface area contributed by atoms with E-state index in [0.29, 0.717) is 0 Å². The van der Waals surface area contributed by atoms with Crippen molar-refractivity contribution < 1.29 is 50.7 Å². The fraction of sp³-hybridized carbons (Fsp3) is 0.826. The molecule has 17 heteroatoms. The number of nitrogens with zero attached hydrogens (tertiary/aromatic N) is 5. The molecule has 0 aliphatic carbocycles. The van der Waals surface area contributed by atoms with Gasteiger partial charge in [-0.25, -0.2) is 19.2 Å². The molecule has 4 atom stereocenters. The van der Waals surface area contributed by atoms with Crippen molar-refractivity contribution in [3.05, 3.63) is 10.4 Å². The van der Waals surface area contributed by atoms with E-state index in [2.05, 4.69) is 19.5 Å². The number of likely N-dealkylation sites (tertiary alicyclic amines) is 2. The van der Waals surface area contributed by atoms with Crippen molar-refractivity contribution in [2.24, 2.45) is 5.11 Å². The smallest absolute Gasteiger partial charge is 0.411 e. The number of ether oxygens (including phenoxy) is 4. The number of hydrogen-bond acceptors (Lipinski definition) is 12. The van der Waals surface area contributed by atoms with Gasteiger partial charge in [0, 0.05) is 17.9 Å². The Labute approximate surface area is 233 Å². The van der Waals surface area contributed by atoms with Crippen LogP contribution >= 0.6 is 0 Å². The summed E-state index contributed by atoms with van der Waals surface area (Å²) < 4.78 is 46.9. The largest absolute Gasteiger partial charge is 0.467 e. The first-order valence-electron chi connectivity index (χ1n) is 12.3. The number of azide groups is 1. The fourth-order valence-corrected chi connectivity index (χ4v) is 4.48. The molecule has 2 aliphatic heterocycles. The van der Waals surface area contributed by atoms with Crippen molar-refractivity contribution in [2.45, 2.75) is 89.8 Å². The molecule has 40 heavy (non-hydrogen) atoms. The molecule has 16 nitrogen and oxygen atoms in total. The molecule has 0 radical (unpaired) electrons. The molecular weight excluding hydrogens is 554 g/mol. The zero-order valence-corrected chi connectivity index (χ0v) is 25.1. The van der Waals surface area contributed by atoms with Gasteiger partial charge in [0.1, 0.15) is 23.3 Å². The Morgan fingerprint density at radius 1 is 0.825 bits per heavy atom. The molecule has 2 aliphatic rings. The Hall–Kier alpha value is -3.30. The van der Waals surface area contributed by atoms with E-state index in [9.17, 15) is 27.6 Å². The van der Waals surface area contributed by atoms with E-state index in [0.717, 1.165) is 11.2 Å². The Morgan fingerprint density at radius 2 is 1.25 bits per heavy atom. The highest BCUT2D eigenvalue weighted by molar-refractivity contribution is 7.86. The highest BCUT2D eigenvalue weighted by atomic mass is 32.2. The standard InChI is InChI=1S/C12H21NO7S.C11H18N4O4/c1-12(2,3)19-11(15)13-7-8(20-21(5,16)17)6-9(13)10(14)18-4;1-11(2,3)19-10(17)15-6-7(13-14-12)5-8(15)9(16)18-4/h8-9H,6-7H2,1-5H3;7-8H,5-6H2,1-4H3/t8-,9-;7-,8+/m01/s1. The van der Waals surface area contributed by atoms with Gasteiger partial charge in [-0.1, -0.05) is 5.11 Å². The van der Waals surface area contributed by atoms with Crippen molar-refractivity contribution in [3.63, 3.8) is 0 Å². The number of amides is 2. The first-order chi connectivity index (χ1) is 18.2. The van der Waals surface area contributed by atoms with E-state index in [4.69, 9.17) is 19.2 Å². The Kier molecular flexibility index (Phi) is 12.0. The molecule has 0 N–H and O–H groups in total. The van der Waals surface area contributed by atoms with E-state index < -0.39 is 69.7 Å². The molecule has 2 fully saturated rings. The summed E-state index contributed by atoms with van der Waals surface area (Å²) in [6.45, 7) is 10.4. The molecule has 0 spiro atoms. The predicted molar refractivity (Wildman–Crippen MR) is 139 cm³/mol. The summed E-state index contributed by atoms with van der Waals surface area (Å²) in [6, 6.07) is -2.13. The second-order valence-electron chi connectivity index (χ2n) is 11.1. The summed E-state index contributed by atoms with van der Waals surface area (Å²) in [4.78, 5) is 52.5. The lowest BCUT2D eigenvalue weighted by atomic mass is 10.2. The number of carbonyl (C=O) groups is 4. The van der Waals surface area contributed by atoms with Crippen LogP contribution in [0, 0.1) is 0 Å². The van der Waals surface area contributed by atoms with Crippen LogP contribution in [0.4, 0.5) is 9.59 Å². The molecule has 0 aromatic heterocycles. The maximum absolute atomic E-state index is 12.1. The van der Waals surface area contributed by atoms with E-state index in [1.165, 1.54) is 19.1 Å². The van der Waals surface area contributed by atoms with Gasteiger partial charge in [0.05, 0.1) is 39.2 Å². The van der Waals surface area contributed by atoms with Gasteiger partial charge in [0.25, 0.3) is 10.1 Å². The highest BCUT2D eigenvalue weighted by Gasteiger charge is 2.44. The number of hydrogen-bond donors (Lipinski definition) is 0. The van der Waals surface area contributed by atoms with Crippen molar-refractivity contribution in [1.82, 2.24) is 9.80 Å². The second-order valence-corrected chi connectivity index (χ2v) is 12.7. The minimum absolute atomic E-state index is 0.0407. The van der Waals surface area contributed by atoms with Gasteiger partial charge in [0.15, 0.2) is 0 Å². The Bertz CT molecular complexity index is 1090. The van der Waals surface area contributed by atoms with E-state index in [1.54, 1.807) is 41.5 Å². The first-order valence-corrected chi connectivity index (χ1v) is 14.1. The zero-order valence-electron chi connectivity index (χ0n) is 24.3. The van der Waals surface area contributed by atoms with Crippen LogP contribution in [0.5, 0.6) is 0 Å². The third-order valence-corrected chi connectivity index (χ3v) is 5.89. The molecular formula is C23H39N5O11S. The van der Waals surface area contributed by atoms with Crippen molar-refractivity contribution in [2.75, 3.05) is 33.6 Å². The summed E-state index contributed by atoms with van der Waals surface area (Å²) >= 11 is 0. The Morgan fingerprint density at radius 3 is 1.62 bits per heavy atom. The van der Waals surface area contributed by atoms with Gasteiger partial charge < -0.3 is 18.9 Å². The van der Waals surface area contributed by atoms with Crippen LogP contribution in [0.15, 0.2) is 5.11 Å². The summed E-state index contributed by atoms with van der Waals surface area (Å²) in [6.07, 6.45) is -0.918. The third kappa shape index (κ3) is 11.4. The van der Waals surface area contributed by atoms with Crippen molar-refractivity contribution in [3.8, 4) is 0 Å². The first kappa shape index (κ1) is 34.7. The van der Waals surface area contributed by atoms with Crippen LogP contribution in [0.25, 0.3) is 10.4 Å². The minimum atomic E-state index is -3.68. The van der Waals surface area contributed by atoms with Gasteiger partial charge in [-0.15, -0.1) is 0 Å². The van der Waals surface area contributed by atoms with Crippen LogP contribution in [0.1, 0.15) is 54.4 Å². The van der Waals surface area contributed by atoms with Crippen molar-refractivity contribution >= 4 is 34.2 Å². The molecule has 0 aromatic carbocycles. The van der Waals surface area contributed by atoms with Crippen LogP contribution in [0.2, 0.25) is 0 Å². The van der Waals surface area contributed by atoms with Gasteiger partial charge in [-0.2, -0.15) is 8.42 Å². The van der Waals surface area contributed by atoms with E-state index in [-0.39, 0.29) is 25.9 Å². The lowest BCUT2D eigenvalue weighted by molar-refractivity contribution is -0.146. The van der Waals surface area contributed by atoms with E-state index >= 15 is 0 Å². The molecule has 0 saturated carbocycles. The van der Waals surface area contributed by atoms with Crippen molar-refractivity contribution in [1.29, 1.82) is 0 Å². The lowest BCUT2D eigenvalue weighted by Gasteiger charge is -2.27. The number of rotatable bonds is 5. The average molecular weight is 594 g/mol. The Balaban J connectivity index is 0.000000402. The normalized spacial score (nSPS) is 22.8. The predicted octanol–water partition coefficient (Wildman–Crippen LogP) is 2.36. The highest BCUT2D eigenvalue weighted by Crippen LogP contribution is 2.26. The summed E-state index contributed by atoms with van der Waals surface area (Å²) in [5.74, 6) is -1.18. The van der Waals surface area contributed by atoms with Crippen LogP contribution in [0.3, 0.4) is 0 Å². The second kappa shape index (κ2) is 13.9. The van der Waals surface area contributed by atoms with Gasteiger partial charge in [0.2, 0.25) is 0 Å². The molecule has 0 bridgehead atoms. The molecule has 0 unspecified atom stereocenters. The van der Waals surface area contributed by atoms with Crippen LogP contribution in [-0.4, -0.2) is 111 Å². The quantitative estimate of drug-likeness (QED) is 0.113. The molecule has 2 rings (SSSR count). The summed E-state index contributed by atoms with van der Waals surface area (Å²) in [7, 11) is -1.24. The van der Waals surface area contributed by atoms with Gasteiger partial charge >= 0.3 is 24.1 Å². The van der Waals surface area contributed by atoms with Gasteiger partial charge in [-0.05, 0) is 53.5 Å². The minimum Gasteiger partial charge on any atom is -0.467 e.